The first-order chi connectivity index (χ1) is 12.5. The molecule has 3 atom stereocenters. The third-order valence-corrected chi connectivity index (χ3v) is 5.33. The van der Waals surface area contributed by atoms with Crippen molar-refractivity contribution in [2.75, 3.05) is 26.3 Å². The van der Waals surface area contributed by atoms with Crippen LogP contribution < -0.4 is 4.74 Å². The van der Waals surface area contributed by atoms with Crippen LogP contribution in [0.5, 0.6) is 5.75 Å². The maximum atomic E-state index is 10.4. The molecule has 1 N–H and O–H groups in total. The van der Waals surface area contributed by atoms with Crippen molar-refractivity contribution in [1.29, 1.82) is 0 Å². The summed E-state index contributed by atoms with van der Waals surface area (Å²) in [7, 11) is 0. The van der Waals surface area contributed by atoms with Crippen LogP contribution in [-0.4, -0.2) is 48.5 Å². The Morgan fingerprint density at radius 2 is 1.88 bits per heavy atom. The van der Waals surface area contributed by atoms with Crippen molar-refractivity contribution in [3.63, 3.8) is 0 Å². The van der Waals surface area contributed by atoms with Crippen LogP contribution in [-0.2, 0) is 4.74 Å². The topological polar surface area (TPSA) is 41.9 Å². The molecule has 140 valence electrons. The molecule has 5 heteroatoms. The number of nitrogens with zero attached hydrogens (tertiary/aromatic N) is 1. The van der Waals surface area contributed by atoms with E-state index in [1.54, 1.807) is 0 Å². The normalized spacial score (nSPS) is 22.2. The maximum Gasteiger partial charge on any atom is 0.119 e. The molecule has 3 rings (SSSR count). The number of rotatable bonds is 6. The van der Waals surface area contributed by atoms with E-state index in [0.717, 1.165) is 22.3 Å². The summed E-state index contributed by atoms with van der Waals surface area (Å²) in [5.41, 5.74) is 2.36. The number of aliphatic hydroxyl groups excluding tert-OH is 1. The van der Waals surface area contributed by atoms with Crippen molar-refractivity contribution >= 4 is 15.9 Å². The van der Waals surface area contributed by atoms with E-state index >= 15 is 0 Å². The minimum absolute atomic E-state index is 0.0158. The molecule has 0 spiro atoms. The van der Waals surface area contributed by atoms with E-state index in [9.17, 15) is 5.11 Å². The van der Waals surface area contributed by atoms with E-state index in [2.05, 4.69) is 39.9 Å². The standard InChI is InChI=1S/C21H26BrNO3/c1-15-3-9-20(10-4-15)26-14-19(24)13-23-11-12-25-21(16(23)2)17-5-7-18(22)8-6-17/h3-10,16,19,21,24H,11-14H2,1-2H3. The molecule has 3 unspecified atom stereocenters. The van der Waals surface area contributed by atoms with Gasteiger partial charge in [0.05, 0.1) is 12.7 Å². The van der Waals surface area contributed by atoms with Gasteiger partial charge in [-0.05, 0) is 43.7 Å². The minimum atomic E-state index is -0.539. The second-order valence-corrected chi connectivity index (χ2v) is 7.77. The maximum absolute atomic E-state index is 10.4. The van der Waals surface area contributed by atoms with Gasteiger partial charge in [0.25, 0.3) is 0 Å². The quantitative estimate of drug-likeness (QED) is 0.769. The Morgan fingerprint density at radius 3 is 2.58 bits per heavy atom. The van der Waals surface area contributed by atoms with E-state index in [1.807, 2.05) is 43.3 Å². The Kier molecular flexibility index (Phi) is 6.70. The van der Waals surface area contributed by atoms with Crippen molar-refractivity contribution in [3.8, 4) is 5.75 Å². The van der Waals surface area contributed by atoms with Crippen LogP contribution in [0.1, 0.15) is 24.2 Å². The van der Waals surface area contributed by atoms with E-state index in [-0.39, 0.29) is 18.8 Å². The SMILES string of the molecule is Cc1ccc(OCC(O)CN2CCOC(c3ccc(Br)cc3)C2C)cc1. The second-order valence-electron chi connectivity index (χ2n) is 6.86. The molecule has 1 saturated heterocycles. The number of hydrogen-bond acceptors (Lipinski definition) is 4. The Bertz CT molecular complexity index is 689. The van der Waals surface area contributed by atoms with Crippen molar-refractivity contribution in [3.05, 3.63) is 64.1 Å². The van der Waals surface area contributed by atoms with Crippen molar-refractivity contribution < 1.29 is 14.6 Å². The molecule has 0 amide bonds. The third-order valence-electron chi connectivity index (χ3n) is 4.80. The zero-order valence-corrected chi connectivity index (χ0v) is 16.9. The van der Waals surface area contributed by atoms with Crippen LogP contribution in [0.4, 0.5) is 0 Å². The average molecular weight is 420 g/mol. The molecule has 0 aromatic heterocycles. The van der Waals surface area contributed by atoms with Crippen LogP contribution in [0.3, 0.4) is 0 Å². The molecule has 2 aromatic carbocycles. The highest BCUT2D eigenvalue weighted by Gasteiger charge is 2.31. The van der Waals surface area contributed by atoms with Crippen LogP contribution in [0, 0.1) is 6.92 Å². The summed E-state index contributed by atoms with van der Waals surface area (Å²) in [6.45, 7) is 6.53. The Labute approximate surface area is 163 Å². The lowest BCUT2D eigenvalue weighted by atomic mass is 10.0. The van der Waals surface area contributed by atoms with E-state index in [4.69, 9.17) is 9.47 Å². The highest BCUT2D eigenvalue weighted by atomic mass is 79.9. The first-order valence-electron chi connectivity index (χ1n) is 9.01. The van der Waals surface area contributed by atoms with E-state index in [1.165, 1.54) is 5.56 Å². The smallest absolute Gasteiger partial charge is 0.119 e. The van der Waals surface area contributed by atoms with Gasteiger partial charge in [0.2, 0.25) is 0 Å². The molecular weight excluding hydrogens is 394 g/mol. The molecule has 0 saturated carbocycles. The van der Waals surface area contributed by atoms with Crippen LogP contribution in [0.25, 0.3) is 0 Å². The van der Waals surface area contributed by atoms with E-state index in [0.29, 0.717) is 13.2 Å². The number of ether oxygens (including phenoxy) is 2. The summed E-state index contributed by atoms with van der Waals surface area (Å²) < 4.78 is 12.8. The Balaban J connectivity index is 1.54. The van der Waals surface area contributed by atoms with Gasteiger partial charge < -0.3 is 14.6 Å². The van der Waals surface area contributed by atoms with Gasteiger partial charge in [-0.2, -0.15) is 0 Å². The van der Waals surface area contributed by atoms with Gasteiger partial charge in [0.15, 0.2) is 0 Å². The number of aliphatic hydroxyl groups is 1. The molecule has 1 aliphatic heterocycles. The zero-order valence-electron chi connectivity index (χ0n) is 15.3. The fraction of sp³-hybridized carbons (Fsp3) is 0.429. The van der Waals surface area contributed by atoms with Gasteiger partial charge in [-0.15, -0.1) is 0 Å². The number of β-amino-alcohol motifs (C(OH)–C–C–N with tert-alkyl or cyclic N) is 1. The molecule has 0 radical (unpaired) electrons. The van der Waals surface area contributed by atoms with Gasteiger partial charge in [0, 0.05) is 23.6 Å². The van der Waals surface area contributed by atoms with Crippen molar-refractivity contribution in [2.24, 2.45) is 0 Å². The van der Waals surface area contributed by atoms with Gasteiger partial charge >= 0.3 is 0 Å². The lowest BCUT2D eigenvalue weighted by Crippen LogP contribution is -2.49. The number of halogens is 1. The van der Waals surface area contributed by atoms with Gasteiger partial charge in [0.1, 0.15) is 18.5 Å². The Morgan fingerprint density at radius 1 is 1.19 bits per heavy atom. The number of aryl methyl sites for hydroxylation is 1. The zero-order chi connectivity index (χ0) is 18.5. The first-order valence-corrected chi connectivity index (χ1v) is 9.81. The minimum Gasteiger partial charge on any atom is -0.491 e. The lowest BCUT2D eigenvalue weighted by Gasteiger charge is -2.40. The summed E-state index contributed by atoms with van der Waals surface area (Å²) in [6, 6.07) is 16.3. The largest absolute Gasteiger partial charge is 0.491 e. The molecule has 0 bridgehead atoms. The number of benzene rings is 2. The number of morpholine rings is 1. The predicted molar refractivity (Wildman–Crippen MR) is 107 cm³/mol. The summed E-state index contributed by atoms with van der Waals surface area (Å²) in [6.07, 6.45) is -0.524. The van der Waals surface area contributed by atoms with Crippen LogP contribution >= 0.6 is 15.9 Å². The molecule has 26 heavy (non-hydrogen) atoms. The second kappa shape index (κ2) is 9.00. The summed E-state index contributed by atoms with van der Waals surface area (Å²) in [4.78, 5) is 2.28. The molecule has 4 nitrogen and oxygen atoms in total. The lowest BCUT2D eigenvalue weighted by molar-refractivity contribution is -0.0804. The van der Waals surface area contributed by atoms with Gasteiger partial charge in [-0.3, -0.25) is 4.90 Å². The average Bonchev–Trinajstić information content (AvgIpc) is 2.64. The summed E-state index contributed by atoms with van der Waals surface area (Å²) in [5, 5.41) is 10.4. The Hall–Kier alpha value is -1.40. The molecule has 2 aromatic rings. The van der Waals surface area contributed by atoms with Gasteiger partial charge in [-0.1, -0.05) is 45.8 Å². The summed E-state index contributed by atoms with van der Waals surface area (Å²) >= 11 is 3.47. The first kappa shape index (κ1) is 19.4. The fourth-order valence-corrected chi connectivity index (χ4v) is 3.53. The van der Waals surface area contributed by atoms with E-state index < -0.39 is 6.10 Å². The molecule has 1 heterocycles. The van der Waals surface area contributed by atoms with Crippen molar-refractivity contribution in [2.45, 2.75) is 32.1 Å². The molecule has 0 aliphatic carbocycles. The fourth-order valence-electron chi connectivity index (χ4n) is 3.27. The summed E-state index contributed by atoms with van der Waals surface area (Å²) in [5.74, 6) is 0.789. The molecular formula is C21H26BrNO3. The monoisotopic (exact) mass is 419 g/mol. The van der Waals surface area contributed by atoms with Crippen molar-refractivity contribution in [1.82, 2.24) is 4.90 Å². The highest BCUT2D eigenvalue weighted by molar-refractivity contribution is 9.10. The number of hydrogen-bond donors (Lipinski definition) is 1. The highest BCUT2D eigenvalue weighted by Crippen LogP contribution is 2.29. The molecule has 1 fully saturated rings. The van der Waals surface area contributed by atoms with Crippen LogP contribution in [0.15, 0.2) is 53.0 Å². The van der Waals surface area contributed by atoms with Crippen LogP contribution in [0.2, 0.25) is 0 Å². The molecule has 1 aliphatic rings. The third kappa shape index (κ3) is 5.07. The van der Waals surface area contributed by atoms with Gasteiger partial charge in [-0.25, -0.2) is 0 Å². The predicted octanol–water partition coefficient (Wildman–Crippen LogP) is 3.96.